The minimum Gasteiger partial charge on any atom is -0.479 e. The van der Waals surface area contributed by atoms with E-state index < -0.39 is 16.5 Å². The zero-order valence-corrected chi connectivity index (χ0v) is 9.81. The lowest BCUT2D eigenvalue weighted by Crippen LogP contribution is -2.37. The Morgan fingerprint density at radius 1 is 1.53 bits per heavy atom. The number of hydrogen-bond donors (Lipinski definition) is 2. The van der Waals surface area contributed by atoms with Crippen molar-refractivity contribution >= 4 is 23.4 Å². The predicted molar refractivity (Wildman–Crippen MR) is 62.1 cm³/mol. The van der Waals surface area contributed by atoms with Crippen molar-refractivity contribution in [1.82, 2.24) is 0 Å². The molecule has 92 valence electrons. The van der Waals surface area contributed by atoms with Gasteiger partial charge in [-0.2, -0.15) is 0 Å². The number of carbonyl (C=O) groups is 1. The molecular weight excluding hydrogens is 246 g/mol. The lowest BCUT2D eigenvalue weighted by Gasteiger charge is -2.16. The topological polar surface area (TPSA) is 101 Å². The maximum atomic E-state index is 10.7. The second-order valence-corrected chi connectivity index (χ2v) is 4.61. The van der Waals surface area contributed by atoms with Crippen LogP contribution in [0.4, 0.5) is 5.69 Å². The largest absolute Gasteiger partial charge is 0.479 e. The third-order valence-corrected chi connectivity index (χ3v) is 3.39. The first-order chi connectivity index (χ1) is 7.84. The standard InChI is InChI=1S/C10H11NO5S/c1-10(14,9(12)13)6-17-8-5-3-2-4-7(8)11(15)16/h2-5,14H,6H2,1H3,(H,12,13). The molecule has 0 saturated carbocycles. The number of thioether (sulfide) groups is 1. The van der Waals surface area contributed by atoms with Crippen LogP contribution in [0, 0.1) is 10.1 Å². The molecule has 0 fully saturated rings. The number of aliphatic hydroxyl groups is 1. The van der Waals surface area contributed by atoms with Crippen LogP contribution in [0.5, 0.6) is 0 Å². The Balaban J connectivity index is 2.83. The Kier molecular flexibility index (Phi) is 4.08. The number of aliphatic carboxylic acids is 1. The van der Waals surface area contributed by atoms with E-state index >= 15 is 0 Å². The number of hydrogen-bond acceptors (Lipinski definition) is 5. The molecule has 0 heterocycles. The minimum atomic E-state index is -1.91. The number of carboxylic acids is 1. The number of nitro groups is 1. The van der Waals surface area contributed by atoms with Crippen LogP contribution in [0.2, 0.25) is 0 Å². The van der Waals surface area contributed by atoms with Crippen LogP contribution in [0.15, 0.2) is 29.2 Å². The molecule has 0 aliphatic heterocycles. The zero-order valence-electron chi connectivity index (χ0n) is 8.99. The lowest BCUT2D eigenvalue weighted by atomic mass is 10.1. The summed E-state index contributed by atoms with van der Waals surface area (Å²) in [6.45, 7) is 1.15. The van der Waals surface area contributed by atoms with E-state index in [1.807, 2.05) is 0 Å². The van der Waals surface area contributed by atoms with Gasteiger partial charge in [0.2, 0.25) is 0 Å². The summed E-state index contributed by atoms with van der Waals surface area (Å²) in [4.78, 5) is 21.1. The monoisotopic (exact) mass is 257 g/mol. The van der Waals surface area contributed by atoms with Crippen molar-refractivity contribution in [3.05, 3.63) is 34.4 Å². The van der Waals surface area contributed by atoms with E-state index in [0.29, 0.717) is 4.90 Å². The van der Waals surface area contributed by atoms with Crippen LogP contribution in [0.1, 0.15) is 6.92 Å². The Hall–Kier alpha value is -1.60. The van der Waals surface area contributed by atoms with E-state index in [1.165, 1.54) is 18.2 Å². The van der Waals surface area contributed by atoms with Crippen molar-refractivity contribution in [2.45, 2.75) is 17.4 Å². The van der Waals surface area contributed by atoms with E-state index in [4.69, 9.17) is 5.11 Å². The fraction of sp³-hybridized carbons (Fsp3) is 0.300. The van der Waals surface area contributed by atoms with Crippen molar-refractivity contribution in [2.24, 2.45) is 0 Å². The quantitative estimate of drug-likeness (QED) is 0.471. The highest BCUT2D eigenvalue weighted by atomic mass is 32.2. The van der Waals surface area contributed by atoms with Crippen LogP contribution in [0.25, 0.3) is 0 Å². The smallest absolute Gasteiger partial charge is 0.336 e. The van der Waals surface area contributed by atoms with Crippen LogP contribution >= 0.6 is 11.8 Å². The Morgan fingerprint density at radius 2 is 2.12 bits per heavy atom. The number of benzene rings is 1. The number of rotatable bonds is 5. The molecule has 0 radical (unpaired) electrons. The molecule has 2 N–H and O–H groups in total. The van der Waals surface area contributed by atoms with Crippen molar-refractivity contribution in [2.75, 3.05) is 5.75 Å². The van der Waals surface area contributed by atoms with Crippen LogP contribution in [0.3, 0.4) is 0 Å². The normalized spacial score (nSPS) is 14.0. The molecule has 7 heteroatoms. The summed E-state index contributed by atoms with van der Waals surface area (Å²) in [5.41, 5.74) is -2.01. The average molecular weight is 257 g/mol. The summed E-state index contributed by atoms with van der Waals surface area (Å²) in [6, 6.07) is 5.99. The van der Waals surface area contributed by atoms with Gasteiger partial charge in [0.15, 0.2) is 5.60 Å². The third-order valence-electron chi connectivity index (χ3n) is 2.03. The molecule has 1 aromatic carbocycles. The molecule has 0 aliphatic rings. The van der Waals surface area contributed by atoms with Gasteiger partial charge in [0.25, 0.3) is 5.69 Å². The van der Waals surface area contributed by atoms with Crippen molar-refractivity contribution in [1.29, 1.82) is 0 Å². The summed E-state index contributed by atoms with van der Waals surface area (Å²) < 4.78 is 0. The molecule has 6 nitrogen and oxygen atoms in total. The summed E-state index contributed by atoms with van der Waals surface area (Å²) >= 11 is 0.938. The van der Waals surface area contributed by atoms with Crippen LogP contribution < -0.4 is 0 Å². The SMILES string of the molecule is CC(O)(CSc1ccccc1[N+](=O)[O-])C(=O)O. The van der Waals surface area contributed by atoms with E-state index in [1.54, 1.807) is 6.07 Å². The zero-order chi connectivity index (χ0) is 13.1. The van der Waals surface area contributed by atoms with Gasteiger partial charge in [-0.1, -0.05) is 12.1 Å². The minimum absolute atomic E-state index is 0.0984. The van der Waals surface area contributed by atoms with Gasteiger partial charge in [0, 0.05) is 11.8 Å². The van der Waals surface area contributed by atoms with Gasteiger partial charge >= 0.3 is 5.97 Å². The van der Waals surface area contributed by atoms with Crippen LogP contribution in [-0.4, -0.2) is 32.5 Å². The Bertz CT molecular complexity index is 446. The third kappa shape index (κ3) is 3.43. The van der Waals surface area contributed by atoms with E-state index in [9.17, 15) is 20.0 Å². The van der Waals surface area contributed by atoms with Crippen LogP contribution in [-0.2, 0) is 4.79 Å². The van der Waals surface area contributed by atoms with Gasteiger partial charge in [-0.3, -0.25) is 10.1 Å². The maximum Gasteiger partial charge on any atom is 0.336 e. The molecule has 1 aromatic rings. The number of carboxylic acid groups (broad SMARTS) is 1. The van der Waals surface area contributed by atoms with Gasteiger partial charge in [0.05, 0.1) is 9.82 Å². The van der Waals surface area contributed by atoms with Gasteiger partial charge in [-0.15, -0.1) is 11.8 Å². The first kappa shape index (κ1) is 13.5. The van der Waals surface area contributed by atoms with Crippen molar-refractivity contribution in [3.8, 4) is 0 Å². The van der Waals surface area contributed by atoms with Gasteiger partial charge in [-0.05, 0) is 13.0 Å². The Labute approximate surface area is 101 Å². The summed E-state index contributed by atoms with van der Waals surface area (Å²) in [6.07, 6.45) is 0. The average Bonchev–Trinajstić information content (AvgIpc) is 2.26. The predicted octanol–water partition coefficient (Wildman–Crippen LogP) is 1.52. The summed E-state index contributed by atoms with van der Waals surface area (Å²) in [5, 5.41) is 28.9. The summed E-state index contributed by atoms with van der Waals surface area (Å²) in [7, 11) is 0. The first-order valence-electron chi connectivity index (χ1n) is 4.66. The van der Waals surface area contributed by atoms with E-state index in [-0.39, 0.29) is 11.4 Å². The molecule has 0 spiro atoms. The molecule has 0 bridgehead atoms. The highest BCUT2D eigenvalue weighted by Crippen LogP contribution is 2.30. The molecule has 0 aliphatic carbocycles. The summed E-state index contributed by atoms with van der Waals surface area (Å²) in [5.74, 6) is -1.52. The molecule has 17 heavy (non-hydrogen) atoms. The maximum absolute atomic E-state index is 10.7. The number of nitro benzene ring substituents is 1. The number of para-hydroxylation sites is 1. The Morgan fingerprint density at radius 3 is 2.65 bits per heavy atom. The van der Waals surface area contributed by atoms with Crippen molar-refractivity contribution in [3.63, 3.8) is 0 Å². The molecule has 0 amide bonds. The molecule has 1 rings (SSSR count). The van der Waals surface area contributed by atoms with Gasteiger partial charge in [0.1, 0.15) is 0 Å². The van der Waals surface area contributed by atoms with E-state index in [0.717, 1.165) is 18.7 Å². The van der Waals surface area contributed by atoms with Crippen molar-refractivity contribution < 1.29 is 19.9 Å². The molecular formula is C10H11NO5S. The first-order valence-corrected chi connectivity index (χ1v) is 5.65. The fourth-order valence-corrected chi connectivity index (χ4v) is 2.04. The van der Waals surface area contributed by atoms with Gasteiger partial charge < -0.3 is 10.2 Å². The second-order valence-electron chi connectivity index (χ2n) is 3.59. The van der Waals surface area contributed by atoms with E-state index in [2.05, 4.69) is 0 Å². The lowest BCUT2D eigenvalue weighted by molar-refractivity contribution is -0.387. The molecule has 0 aromatic heterocycles. The molecule has 1 atom stereocenters. The molecule has 0 saturated heterocycles. The highest BCUT2D eigenvalue weighted by Gasteiger charge is 2.30. The molecule has 1 unspecified atom stereocenters. The second kappa shape index (κ2) is 5.15. The highest BCUT2D eigenvalue weighted by molar-refractivity contribution is 7.99. The fourth-order valence-electron chi connectivity index (χ4n) is 1.01. The number of nitrogens with zero attached hydrogens (tertiary/aromatic N) is 1. The van der Waals surface area contributed by atoms with Gasteiger partial charge in [-0.25, -0.2) is 4.79 Å².